The van der Waals surface area contributed by atoms with Crippen molar-refractivity contribution in [1.29, 1.82) is 0 Å². The molecular weight excluding hydrogens is 280 g/mol. The topological polar surface area (TPSA) is 57.7 Å². The second kappa shape index (κ2) is 5.44. The van der Waals surface area contributed by atoms with E-state index in [0.29, 0.717) is 11.4 Å². The average Bonchev–Trinajstić information content (AvgIpc) is 2.55. The molecule has 0 N–H and O–H groups in total. The Morgan fingerprint density at radius 2 is 1.23 bits per heavy atom. The van der Waals surface area contributed by atoms with Crippen molar-refractivity contribution in [2.75, 3.05) is 9.80 Å². The highest BCUT2D eigenvalue weighted by Crippen LogP contribution is 2.26. The van der Waals surface area contributed by atoms with Gasteiger partial charge in [-0.15, -0.1) is 0 Å². The Morgan fingerprint density at radius 1 is 0.727 bits per heavy atom. The van der Waals surface area contributed by atoms with Crippen molar-refractivity contribution < 1.29 is 14.4 Å². The number of anilines is 2. The number of benzene rings is 2. The van der Waals surface area contributed by atoms with Crippen LogP contribution >= 0.6 is 0 Å². The van der Waals surface area contributed by atoms with Crippen LogP contribution in [0.3, 0.4) is 0 Å². The monoisotopic (exact) mass is 294 g/mol. The van der Waals surface area contributed by atoms with E-state index in [9.17, 15) is 14.4 Å². The predicted octanol–water partition coefficient (Wildman–Crippen LogP) is 1.98. The first-order chi connectivity index (χ1) is 10.6. The zero-order chi connectivity index (χ0) is 15.7. The van der Waals surface area contributed by atoms with Crippen LogP contribution in [0.1, 0.15) is 6.92 Å². The van der Waals surface area contributed by atoms with Crippen LogP contribution in [0, 0.1) is 0 Å². The van der Waals surface area contributed by atoms with Crippen LogP contribution in [0.15, 0.2) is 60.7 Å². The molecule has 3 rings (SSSR count). The quantitative estimate of drug-likeness (QED) is 0.628. The first-order valence-electron chi connectivity index (χ1n) is 6.93. The number of imide groups is 1. The second-order valence-corrected chi connectivity index (χ2v) is 5.00. The Hall–Kier alpha value is -2.95. The number of rotatable bonds is 2. The van der Waals surface area contributed by atoms with Crippen molar-refractivity contribution in [2.24, 2.45) is 0 Å². The van der Waals surface area contributed by atoms with E-state index in [1.807, 2.05) is 6.07 Å². The van der Waals surface area contributed by atoms with Crippen molar-refractivity contribution in [3.05, 3.63) is 60.7 Å². The van der Waals surface area contributed by atoms with Crippen molar-refractivity contribution in [3.63, 3.8) is 0 Å². The van der Waals surface area contributed by atoms with Crippen LogP contribution in [0.2, 0.25) is 0 Å². The Labute approximate surface area is 127 Å². The molecule has 1 unspecified atom stereocenters. The summed E-state index contributed by atoms with van der Waals surface area (Å²) in [6, 6.07) is 16.5. The Balaban J connectivity index is 2.01. The molecule has 0 bridgehead atoms. The average molecular weight is 294 g/mol. The van der Waals surface area contributed by atoms with Gasteiger partial charge in [0.05, 0.1) is 5.69 Å². The standard InChI is InChI=1S/C17H14N2O3/c1-12-15(20)19(14-10-6-3-7-11-14)17(22)16(21)18(12)13-8-4-2-5-9-13/h2-12H,1H3. The molecule has 1 fully saturated rings. The molecule has 5 nitrogen and oxygen atoms in total. The van der Waals surface area contributed by atoms with Gasteiger partial charge in [-0.1, -0.05) is 36.4 Å². The lowest BCUT2D eigenvalue weighted by atomic mass is 10.1. The van der Waals surface area contributed by atoms with Gasteiger partial charge in [0.2, 0.25) is 0 Å². The van der Waals surface area contributed by atoms with Gasteiger partial charge in [0.1, 0.15) is 6.04 Å². The van der Waals surface area contributed by atoms with Crippen molar-refractivity contribution >= 4 is 29.1 Å². The van der Waals surface area contributed by atoms with Crippen LogP contribution in [-0.2, 0) is 14.4 Å². The molecule has 0 spiro atoms. The fraction of sp³-hybridized carbons (Fsp3) is 0.118. The maximum absolute atomic E-state index is 12.6. The Morgan fingerprint density at radius 3 is 1.77 bits per heavy atom. The fourth-order valence-electron chi connectivity index (χ4n) is 2.52. The van der Waals surface area contributed by atoms with Crippen LogP contribution in [0.25, 0.3) is 0 Å². The Kier molecular flexibility index (Phi) is 3.47. The molecule has 1 atom stereocenters. The van der Waals surface area contributed by atoms with Gasteiger partial charge in [-0.05, 0) is 31.2 Å². The van der Waals surface area contributed by atoms with Crippen molar-refractivity contribution in [2.45, 2.75) is 13.0 Å². The van der Waals surface area contributed by atoms with E-state index in [2.05, 4.69) is 0 Å². The van der Waals surface area contributed by atoms with Gasteiger partial charge in [-0.3, -0.25) is 19.3 Å². The molecule has 1 heterocycles. The highest BCUT2D eigenvalue weighted by atomic mass is 16.2. The molecule has 1 aliphatic rings. The van der Waals surface area contributed by atoms with Gasteiger partial charge >= 0.3 is 11.8 Å². The van der Waals surface area contributed by atoms with Gasteiger partial charge in [-0.25, -0.2) is 4.90 Å². The number of hydrogen-bond acceptors (Lipinski definition) is 3. The number of carbonyl (C=O) groups excluding carboxylic acids is 3. The minimum Gasteiger partial charge on any atom is -0.292 e. The molecular formula is C17H14N2O3. The summed E-state index contributed by atoms with van der Waals surface area (Å²) in [4.78, 5) is 39.6. The normalized spacial score (nSPS) is 18.8. The highest BCUT2D eigenvalue weighted by Gasteiger charge is 2.44. The van der Waals surface area contributed by atoms with Crippen LogP contribution in [-0.4, -0.2) is 23.8 Å². The van der Waals surface area contributed by atoms with E-state index in [4.69, 9.17) is 0 Å². The number of hydrogen-bond donors (Lipinski definition) is 0. The van der Waals surface area contributed by atoms with Gasteiger partial charge in [0.15, 0.2) is 0 Å². The molecule has 2 aromatic rings. The number of amides is 3. The summed E-state index contributed by atoms with van der Waals surface area (Å²) in [5.41, 5.74) is 0.944. The maximum atomic E-state index is 12.6. The molecule has 1 aliphatic heterocycles. The SMILES string of the molecule is CC1C(=O)N(c2ccccc2)C(=O)C(=O)N1c1ccccc1. The van der Waals surface area contributed by atoms with Crippen molar-refractivity contribution in [1.82, 2.24) is 0 Å². The van der Waals surface area contributed by atoms with Gasteiger partial charge < -0.3 is 0 Å². The summed E-state index contributed by atoms with van der Waals surface area (Å²) in [5, 5.41) is 0. The molecule has 0 aromatic heterocycles. The molecule has 0 aliphatic carbocycles. The molecule has 5 heteroatoms. The zero-order valence-corrected chi connectivity index (χ0v) is 12.0. The number of nitrogens with zero attached hydrogens (tertiary/aromatic N) is 2. The molecule has 0 saturated carbocycles. The molecule has 22 heavy (non-hydrogen) atoms. The van der Waals surface area contributed by atoms with E-state index in [1.54, 1.807) is 61.5 Å². The Bertz CT molecular complexity index is 728. The van der Waals surface area contributed by atoms with Crippen LogP contribution < -0.4 is 9.80 Å². The minimum absolute atomic E-state index is 0.408. The van der Waals surface area contributed by atoms with E-state index >= 15 is 0 Å². The summed E-state index contributed by atoms with van der Waals surface area (Å²) in [7, 11) is 0. The van der Waals surface area contributed by atoms with E-state index < -0.39 is 23.8 Å². The molecule has 3 amide bonds. The summed E-state index contributed by atoms with van der Waals surface area (Å²) in [6.07, 6.45) is 0. The molecule has 110 valence electrons. The van der Waals surface area contributed by atoms with Crippen LogP contribution in [0.5, 0.6) is 0 Å². The van der Waals surface area contributed by atoms with E-state index in [0.717, 1.165) is 4.90 Å². The largest absolute Gasteiger partial charge is 0.323 e. The van der Waals surface area contributed by atoms with E-state index in [-0.39, 0.29) is 0 Å². The lowest BCUT2D eigenvalue weighted by molar-refractivity contribution is -0.141. The first-order valence-corrected chi connectivity index (χ1v) is 6.93. The lowest BCUT2D eigenvalue weighted by Crippen LogP contribution is -2.62. The third-order valence-electron chi connectivity index (χ3n) is 3.62. The minimum atomic E-state index is -0.835. The lowest BCUT2D eigenvalue weighted by Gasteiger charge is -2.37. The molecule has 1 saturated heterocycles. The van der Waals surface area contributed by atoms with Gasteiger partial charge in [-0.2, -0.15) is 0 Å². The molecule has 0 radical (unpaired) electrons. The van der Waals surface area contributed by atoms with Crippen molar-refractivity contribution in [3.8, 4) is 0 Å². The maximum Gasteiger partial charge on any atom is 0.323 e. The smallest absolute Gasteiger partial charge is 0.292 e. The summed E-state index contributed by atoms with van der Waals surface area (Å²) in [5.74, 6) is -1.96. The zero-order valence-electron chi connectivity index (χ0n) is 12.0. The first kappa shape index (κ1) is 14.0. The number of carbonyl (C=O) groups is 3. The fourth-order valence-corrected chi connectivity index (χ4v) is 2.52. The number of piperazine rings is 1. The predicted molar refractivity (Wildman–Crippen MR) is 82.3 cm³/mol. The van der Waals surface area contributed by atoms with Crippen LogP contribution in [0.4, 0.5) is 11.4 Å². The number of para-hydroxylation sites is 2. The second-order valence-electron chi connectivity index (χ2n) is 5.00. The summed E-state index contributed by atoms with van der Waals surface area (Å²) in [6.45, 7) is 1.62. The third kappa shape index (κ3) is 2.16. The highest BCUT2D eigenvalue weighted by molar-refractivity contribution is 6.52. The summed E-state index contributed by atoms with van der Waals surface area (Å²) < 4.78 is 0. The van der Waals surface area contributed by atoms with Gasteiger partial charge in [0.25, 0.3) is 5.91 Å². The third-order valence-corrected chi connectivity index (χ3v) is 3.62. The van der Waals surface area contributed by atoms with E-state index in [1.165, 1.54) is 4.90 Å². The van der Waals surface area contributed by atoms with Gasteiger partial charge in [0, 0.05) is 5.69 Å². The summed E-state index contributed by atoms with van der Waals surface area (Å²) >= 11 is 0. The molecule has 2 aromatic carbocycles.